The van der Waals surface area contributed by atoms with Gasteiger partial charge in [-0.15, -0.1) is 0 Å². The molecule has 0 aliphatic heterocycles. The van der Waals surface area contributed by atoms with Crippen molar-refractivity contribution < 1.29 is 13.5 Å². The fourth-order valence-corrected chi connectivity index (χ4v) is 1.75. The van der Waals surface area contributed by atoms with E-state index in [1.165, 1.54) is 43.5 Å². The zero-order chi connectivity index (χ0) is 13.2. The molecule has 2 N–H and O–H groups in total. The molecule has 0 spiro atoms. The van der Waals surface area contributed by atoms with E-state index in [0.717, 1.165) is 0 Å². The van der Waals surface area contributed by atoms with Gasteiger partial charge in [-0.2, -0.15) is 8.78 Å². The van der Waals surface area contributed by atoms with E-state index >= 15 is 0 Å². The van der Waals surface area contributed by atoms with Crippen LogP contribution in [0.4, 0.5) is 14.5 Å². The number of benzene rings is 2. The molecule has 4 heteroatoms. The molecule has 0 bridgehead atoms. The van der Waals surface area contributed by atoms with E-state index in [4.69, 9.17) is 10.5 Å². The quantitative estimate of drug-likeness (QED) is 0.846. The summed E-state index contributed by atoms with van der Waals surface area (Å²) in [5, 5.41) is 0. The summed E-state index contributed by atoms with van der Waals surface area (Å²) in [5.74, 6) is -2.94. The number of anilines is 1. The second-order valence-electron chi connectivity index (χ2n) is 3.90. The Hall–Kier alpha value is -2.10. The first-order valence-corrected chi connectivity index (χ1v) is 5.43. The number of hydrogen-bond donors (Lipinski definition) is 1. The highest BCUT2D eigenvalue weighted by Gasteiger charge is 2.36. The number of ether oxygens (including phenoxy) is 1. The molecule has 0 aromatic heterocycles. The summed E-state index contributed by atoms with van der Waals surface area (Å²) < 4.78 is 33.7. The van der Waals surface area contributed by atoms with Crippen LogP contribution < -0.4 is 10.5 Å². The topological polar surface area (TPSA) is 35.2 Å². The predicted molar refractivity (Wildman–Crippen MR) is 66.8 cm³/mol. The van der Waals surface area contributed by atoms with Gasteiger partial charge in [-0.1, -0.05) is 24.3 Å². The van der Waals surface area contributed by atoms with Gasteiger partial charge in [0, 0.05) is 11.3 Å². The van der Waals surface area contributed by atoms with Crippen LogP contribution in [-0.4, -0.2) is 7.11 Å². The van der Waals surface area contributed by atoms with Gasteiger partial charge in [0.2, 0.25) is 0 Å². The number of halogens is 2. The molecule has 0 saturated carbocycles. The minimum absolute atomic E-state index is 0.110. The van der Waals surface area contributed by atoms with E-state index in [2.05, 4.69) is 0 Å². The highest BCUT2D eigenvalue weighted by molar-refractivity contribution is 5.46. The molecular weight excluding hydrogens is 236 g/mol. The normalized spacial score (nSPS) is 11.3. The Bertz CT molecular complexity index is 538. The maximum absolute atomic E-state index is 14.3. The number of alkyl halides is 2. The lowest BCUT2D eigenvalue weighted by molar-refractivity contribution is 0.0402. The predicted octanol–water partition coefficient (Wildman–Crippen LogP) is 3.42. The minimum Gasteiger partial charge on any atom is -0.496 e. The van der Waals surface area contributed by atoms with Crippen LogP contribution in [0.1, 0.15) is 11.1 Å². The van der Waals surface area contributed by atoms with Gasteiger partial charge in [0.15, 0.2) is 0 Å². The number of rotatable bonds is 3. The van der Waals surface area contributed by atoms with Crippen LogP contribution in [0.25, 0.3) is 0 Å². The van der Waals surface area contributed by atoms with Gasteiger partial charge in [-0.05, 0) is 24.3 Å². The van der Waals surface area contributed by atoms with E-state index in [1.54, 1.807) is 12.1 Å². The smallest absolute Gasteiger partial charge is 0.302 e. The van der Waals surface area contributed by atoms with Gasteiger partial charge in [-0.25, -0.2) is 0 Å². The molecule has 2 nitrogen and oxygen atoms in total. The minimum atomic E-state index is -3.11. The molecule has 0 aliphatic rings. The first-order chi connectivity index (χ1) is 8.55. The van der Waals surface area contributed by atoms with Crippen molar-refractivity contribution in [2.24, 2.45) is 0 Å². The maximum atomic E-state index is 14.3. The molecule has 94 valence electrons. The van der Waals surface area contributed by atoms with Crippen molar-refractivity contribution in [3.05, 3.63) is 59.7 Å². The Labute approximate surface area is 104 Å². The molecule has 2 rings (SSSR count). The van der Waals surface area contributed by atoms with Gasteiger partial charge >= 0.3 is 5.92 Å². The summed E-state index contributed by atoms with van der Waals surface area (Å²) in [6.07, 6.45) is 0. The van der Waals surface area contributed by atoms with Crippen molar-refractivity contribution in [2.45, 2.75) is 5.92 Å². The highest BCUT2D eigenvalue weighted by Crippen LogP contribution is 2.40. The molecule has 0 saturated heterocycles. The monoisotopic (exact) mass is 249 g/mol. The van der Waals surface area contributed by atoms with E-state index in [-0.39, 0.29) is 16.9 Å². The van der Waals surface area contributed by atoms with Gasteiger partial charge in [0.1, 0.15) is 5.75 Å². The van der Waals surface area contributed by atoms with Crippen LogP contribution in [0.3, 0.4) is 0 Å². The molecule has 0 unspecified atom stereocenters. The number of para-hydroxylation sites is 1. The molecule has 0 amide bonds. The number of nitrogen functional groups attached to an aromatic ring is 1. The average molecular weight is 249 g/mol. The Morgan fingerprint density at radius 2 is 1.61 bits per heavy atom. The standard InChI is InChI=1S/C14H13F2NO/c1-18-13-5-3-2-4-12(13)14(15,16)10-6-8-11(17)9-7-10/h2-9H,17H2,1H3. The summed E-state index contributed by atoms with van der Waals surface area (Å²) in [5.41, 5.74) is 5.68. The molecule has 2 aromatic carbocycles. The lowest BCUT2D eigenvalue weighted by atomic mass is 9.99. The van der Waals surface area contributed by atoms with Crippen LogP contribution in [0, 0.1) is 0 Å². The third-order valence-electron chi connectivity index (χ3n) is 2.72. The van der Waals surface area contributed by atoms with Crippen molar-refractivity contribution >= 4 is 5.69 Å². The van der Waals surface area contributed by atoms with Gasteiger partial charge in [0.05, 0.1) is 12.7 Å². The van der Waals surface area contributed by atoms with E-state index in [9.17, 15) is 8.78 Å². The van der Waals surface area contributed by atoms with E-state index < -0.39 is 5.92 Å². The largest absolute Gasteiger partial charge is 0.496 e. The summed E-state index contributed by atoms with van der Waals surface area (Å²) >= 11 is 0. The van der Waals surface area contributed by atoms with Crippen LogP contribution in [-0.2, 0) is 5.92 Å². The van der Waals surface area contributed by atoms with E-state index in [0.29, 0.717) is 5.69 Å². The van der Waals surface area contributed by atoms with Gasteiger partial charge in [-0.3, -0.25) is 0 Å². The van der Waals surface area contributed by atoms with Crippen molar-refractivity contribution in [1.29, 1.82) is 0 Å². The molecule has 0 aliphatic carbocycles. The fourth-order valence-electron chi connectivity index (χ4n) is 1.75. The van der Waals surface area contributed by atoms with Crippen molar-refractivity contribution in [2.75, 3.05) is 12.8 Å². The van der Waals surface area contributed by atoms with Crippen molar-refractivity contribution in [1.82, 2.24) is 0 Å². The van der Waals surface area contributed by atoms with Crippen LogP contribution in [0.15, 0.2) is 48.5 Å². The molecule has 2 aromatic rings. The Morgan fingerprint density at radius 3 is 2.22 bits per heavy atom. The first-order valence-electron chi connectivity index (χ1n) is 5.43. The molecule has 18 heavy (non-hydrogen) atoms. The van der Waals surface area contributed by atoms with E-state index in [1.807, 2.05) is 0 Å². The Balaban J connectivity index is 2.50. The van der Waals surface area contributed by atoms with Crippen molar-refractivity contribution in [3.8, 4) is 5.75 Å². The molecule has 0 atom stereocenters. The number of nitrogens with two attached hydrogens (primary N) is 1. The summed E-state index contributed by atoms with van der Waals surface area (Å²) in [7, 11) is 1.37. The Kier molecular flexibility index (Phi) is 3.19. The number of hydrogen-bond acceptors (Lipinski definition) is 2. The SMILES string of the molecule is COc1ccccc1C(F)(F)c1ccc(N)cc1. The number of methoxy groups -OCH3 is 1. The average Bonchev–Trinajstić information content (AvgIpc) is 2.39. The zero-order valence-electron chi connectivity index (χ0n) is 9.86. The maximum Gasteiger partial charge on any atom is 0.302 e. The lowest BCUT2D eigenvalue weighted by Crippen LogP contribution is -2.16. The highest BCUT2D eigenvalue weighted by atomic mass is 19.3. The van der Waals surface area contributed by atoms with Crippen LogP contribution in [0.5, 0.6) is 5.75 Å². The summed E-state index contributed by atoms with van der Waals surface area (Å²) in [6.45, 7) is 0. The van der Waals surface area contributed by atoms with Gasteiger partial charge in [0.25, 0.3) is 0 Å². The zero-order valence-corrected chi connectivity index (χ0v) is 9.86. The van der Waals surface area contributed by atoms with Crippen LogP contribution >= 0.6 is 0 Å². The molecule has 0 heterocycles. The summed E-state index contributed by atoms with van der Waals surface area (Å²) in [4.78, 5) is 0. The second-order valence-corrected chi connectivity index (χ2v) is 3.90. The lowest BCUT2D eigenvalue weighted by Gasteiger charge is -2.19. The fraction of sp³-hybridized carbons (Fsp3) is 0.143. The first kappa shape index (κ1) is 12.4. The van der Waals surface area contributed by atoms with Gasteiger partial charge < -0.3 is 10.5 Å². The second kappa shape index (κ2) is 4.64. The molecule has 0 fully saturated rings. The Morgan fingerprint density at radius 1 is 1.00 bits per heavy atom. The molecular formula is C14H13F2NO. The third-order valence-corrected chi connectivity index (χ3v) is 2.72. The molecule has 0 radical (unpaired) electrons. The third kappa shape index (κ3) is 2.14. The summed E-state index contributed by atoms with van der Waals surface area (Å²) in [6, 6.07) is 11.6. The van der Waals surface area contributed by atoms with Crippen molar-refractivity contribution in [3.63, 3.8) is 0 Å². The van der Waals surface area contributed by atoms with Crippen LogP contribution in [0.2, 0.25) is 0 Å².